The van der Waals surface area contributed by atoms with Crippen LogP contribution in [-0.4, -0.2) is 48.4 Å². The molecule has 1 aliphatic carbocycles. The number of ether oxygens (including phenoxy) is 1. The molecule has 0 spiro atoms. The number of fused-ring (bicyclic) bond motifs is 5. The van der Waals surface area contributed by atoms with Crippen LogP contribution in [0.1, 0.15) is 42.4 Å². The molecule has 0 aromatic heterocycles. The van der Waals surface area contributed by atoms with E-state index in [4.69, 9.17) is 9.73 Å². The molecule has 4 aliphatic rings. The number of anilines is 1. The third-order valence-corrected chi connectivity index (χ3v) is 7.20. The largest absolute Gasteiger partial charge is 0.445 e. The van der Waals surface area contributed by atoms with Gasteiger partial charge in [-0.25, -0.2) is 4.79 Å². The lowest BCUT2D eigenvalue weighted by molar-refractivity contribution is -0.117. The smallest absolute Gasteiger partial charge is 0.409 e. The number of benzene rings is 2. The molecular formula is C27H32N4O3. The van der Waals surface area contributed by atoms with Crippen molar-refractivity contribution in [1.82, 2.24) is 10.2 Å². The Morgan fingerprint density at radius 3 is 2.47 bits per heavy atom. The quantitative estimate of drug-likeness (QED) is 0.704. The number of hydrogen-bond donors (Lipinski definition) is 2. The second-order valence-electron chi connectivity index (χ2n) is 9.75. The summed E-state index contributed by atoms with van der Waals surface area (Å²) in [6.45, 7) is 4.90. The highest BCUT2D eigenvalue weighted by Gasteiger charge is 2.32. The van der Waals surface area contributed by atoms with Gasteiger partial charge in [-0.05, 0) is 55.6 Å². The third kappa shape index (κ3) is 5.14. The van der Waals surface area contributed by atoms with Crippen LogP contribution in [0, 0.1) is 18.8 Å². The zero-order valence-corrected chi connectivity index (χ0v) is 19.6. The highest BCUT2D eigenvalue weighted by atomic mass is 16.5. The molecule has 0 radical (unpaired) electrons. The number of nitrogens with zero attached hydrogens (tertiary/aromatic N) is 2. The van der Waals surface area contributed by atoms with E-state index in [2.05, 4.69) is 15.5 Å². The Kier molecular flexibility index (Phi) is 6.63. The lowest BCUT2D eigenvalue weighted by Crippen LogP contribution is -2.43. The van der Waals surface area contributed by atoms with Gasteiger partial charge in [-0.3, -0.25) is 20.0 Å². The maximum absolute atomic E-state index is 13.0. The van der Waals surface area contributed by atoms with E-state index < -0.39 is 12.3 Å². The summed E-state index contributed by atoms with van der Waals surface area (Å²) in [6, 6.07) is 15.4. The van der Waals surface area contributed by atoms with Gasteiger partial charge < -0.3 is 10.1 Å². The molecule has 3 aliphatic heterocycles. The van der Waals surface area contributed by atoms with Crippen LogP contribution in [0.25, 0.3) is 0 Å². The van der Waals surface area contributed by atoms with E-state index in [0.717, 1.165) is 53.0 Å². The standard InChI is InChI=1S/C27H32N4O3/c1-18-6-5-9-22-23(16-31-14-19-10-11-20(15-31)13-12-19)28-25(26(32)29-24(18)22)30-27(33)34-17-21-7-3-2-4-8-21/h2-9,19-20,25H,10-17H2,1H3,(H,29,32)(H,30,33)/t19?,20?,25-/m1/s1. The highest BCUT2D eigenvalue weighted by molar-refractivity contribution is 6.13. The summed E-state index contributed by atoms with van der Waals surface area (Å²) in [5.41, 5.74) is 4.37. The molecule has 7 nitrogen and oxygen atoms in total. The molecule has 34 heavy (non-hydrogen) atoms. The number of carbonyl (C=O) groups is 2. The van der Waals surface area contributed by atoms with Crippen LogP contribution in [-0.2, 0) is 16.1 Å². The minimum Gasteiger partial charge on any atom is -0.445 e. The van der Waals surface area contributed by atoms with Crippen LogP contribution in [0.5, 0.6) is 0 Å². The normalized spacial score (nSPS) is 24.3. The molecule has 3 fully saturated rings. The Hall–Kier alpha value is -3.19. The van der Waals surface area contributed by atoms with Gasteiger partial charge in [0.1, 0.15) is 6.61 Å². The van der Waals surface area contributed by atoms with Crippen molar-refractivity contribution < 1.29 is 14.3 Å². The number of aliphatic imine (C=N–C) groups is 1. The van der Waals surface area contributed by atoms with Crippen molar-refractivity contribution in [2.75, 3.05) is 25.0 Å². The average molecular weight is 461 g/mol. The van der Waals surface area contributed by atoms with E-state index in [-0.39, 0.29) is 12.5 Å². The fourth-order valence-electron chi connectivity index (χ4n) is 5.39. The monoisotopic (exact) mass is 460 g/mol. The SMILES string of the molecule is Cc1cccc2c1NC(=O)[C@@H](NC(=O)OCc1ccccc1)N=C2CN1CC2CCC(CC2)C1. The van der Waals surface area contributed by atoms with Gasteiger partial charge in [-0.1, -0.05) is 48.5 Å². The summed E-state index contributed by atoms with van der Waals surface area (Å²) in [4.78, 5) is 32.8. The number of alkyl carbamates (subject to hydrolysis) is 1. The fraction of sp³-hybridized carbons (Fsp3) is 0.444. The molecule has 7 heteroatoms. The number of carbonyl (C=O) groups excluding carboxylic acids is 2. The van der Waals surface area contributed by atoms with Crippen LogP contribution < -0.4 is 10.6 Å². The Labute approximate surface area is 200 Å². The molecular weight excluding hydrogens is 428 g/mol. The summed E-state index contributed by atoms with van der Waals surface area (Å²) >= 11 is 0. The predicted octanol–water partition coefficient (Wildman–Crippen LogP) is 4.11. The molecule has 2 aromatic carbocycles. The average Bonchev–Trinajstić information content (AvgIpc) is 3.21. The molecule has 0 unspecified atom stereocenters. The Bertz CT molecular complexity index is 1060. The van der Waals surface area contributed by atoms with Crippen molar-refractivity contribution >= 4 is 23.4 Å². The van der Waals surface area contributed by atoms with Crippen molar-refractivity contribution in [1.29, 1.82) is 0 Å². The first-order valence-corrected chi connectivity index (χ1v) is 12.2. The molecule has 1 saturated carbocycles. The number of amides is 2. The number of aryl methyl sites for hydroxylation is 1. The third-order valence-electron chi connectivity index (χ3n) is 7.20. The van der Waals surface area contributed by atoms with Crippen LogP contribution in [0.15, 0.2) is 53.5 Å². The topological polar surface area (TPSA) is 83.0 Å². The van der Waals surface area contributed by atoms with Crippen molar-refractivity contribution in [3.05, 3.63) is 65.2 Å². The van der Waals surface area contributed by atoms with E-state index in [1.54, 1.807) is 0 Å². The molecule has 178 valence electrons. The minimum absolute atomic E-state index is 0.132. The zero-order valence-electron chi connectivity index (χ0n) is 19.6. The summed E-state index contributed by atoms with van der Waals surface area (Å²) in [5, 5.41) is 5.65. The zero-order chi connectivity index (χ0) is 23.5. The fourth-order valence-corrected chi connectivity index (χ4v) is 5.39. The van der Waals surface area contributed by atoms with Gasteiger partial charge in [0.05, 0.1) is 11.4 Å². The summed E-state index contributed by atoms with van der Waals surface area (Å²) in [5.74, 6) is 1.12. The van der Waals surface area contributed by atoms with Crippen molar-refractivity contribution in [3.8, 4) is 0 Å². The van der Waals surface area contributed by atoms with Gasteiger partial charge in [0.25, 0.3) is 5.91 Å². The number of hydrogen-bond acceptors (Lipinski definition) is 5. The molecule has 2 saturated heterocycles. The van der Waals surface area contributed by atoms with Gasteiger partial charge in [0, 0.05) is 25.2 Å². The minimum atomic E-state index is -1.05. The highest BCUT2D eigenvalue weighted by Crippen LogP contribution is 2.34. The number of para-hydroxylation sites is 1. The van der Waals surface area contributed by atoms with Crippen LogP contribution >= 0.6 is 0 Å². The Morgan fingerprint density at radius 2 is 1.76 bits per heavy atom. The van der Waals surface area contributed by atoms with E-state index >= 15 is 0 Å². The van der Waals surface area contributed by atoms with E-state index in [1.165, 1.54) is 25.7 Å². The van der Waals surface area contributed by atoms with E-state index in [1.807, 2.05) is 55.5 Å². The first kappa shape index (κ1) is 22.6. The van der Waals surface area contributed by atoms with Crippen LogP contribution in [0.4, 0.5) is 10.5 Å². The number of nitrogens with one attached hydrogen (secondary N) is 2. The molecule has 2 amide bonds. The second-order valence-corrected chi connectivity index (χ2v) is 9.75. The number of rotatable bonds is 5. The Morgan fingerprint density at radius 1 is 1.06 bits per heavy atom. The van der Waals surface area contributed by atoms with Crippen molar-refractivity contribution in [3.63, 3.8) is 0 Å². The lowest BCUT2D eigenvalue weighted by Gasteiger charge is -2.24. The summed E-state index contributed by atoms with van der Waals surface area (Å²) in [7, 11) is 0. The molecule has 3 heterocycles. The van der Waals surface area contributed by atoms with Gasteiger partial charge >= 0.3 is 6.09 Å². The maximum atomic E-state index is 13.0. The Balaban J connectivity index is 1.36. The molecule has 2 aromatic rings. The molecule has 2 N–H and O–H groups in total. The van der Waals surface area contributed by atoms with Crippen LogP contribution in [0.3, 0.4) is 0 Å². The van der Waals surface area contributed by atoms with E-state index in [0.29, 0.717) is 6.54 Å². The lowest BCUT2D eigenvalue weighted by atomic mass is 9.84. The molecule has 6 rings (SSSR count). The first-order valence-electron chi connectivity index (χ1n) is 12.2. The molecule has 1 atom stereocenters. The van der Waals surface area contributed by atoms with Gasteiger partial charge in [-0.15, -0.1) is 0 Å². The van der Waals surface area contributed by atoms with Crippen molar-refractivity contribution in [2.24, 2.45) is 16.8 Å². The summed E-state index contributed by atoms with van der Waals surface area (Å²) in [6.07, 6.45) is 3.51. The van der Waals surface area contributed by atoms with Crippen molar-refractivity contribution in [2.45, 2.75) is 45.4 Å². The summed E-state index contributed by atoms with van der Waals surface area (Å²) < 4.78 is 5.35. The second kappa shape index (κ2) is 9.97. The number of benzodiazepines with no additional fused rings is 1. The first-order chi connectivity index (χ1) is 16.5. The van der Waals surface area contributed by atoms with E-state index in [9.17, 15) is 9.59 Å². The van der Waals surface area contributed by atoms with Crippen LogP contribution in [0.2, 0.25) is 0 Å². The van der Waals surface area contributed by atoms with Gasteiger partial charge in [0.2, 0.25) is 6.17 Å². The predicted molar refractivity (Wildman–Crippen MR) is 132 cm³/mol. The maximum Gasteiger partial charge on any atom is 0.409 e. The molecule has 2 bridgehead atoms. The van der Waals surface area contributed by atoms with Gasteiger partial charge in [0.15, 0.2) is 0 Å². The van der Waals surface area contributed by atoms with Gasteiger partial charge in [-0.2, -0.15) is 0 Å².